The van der Waals surface area contributed by atoms with Gasteiger partial charge in [-0.25, -0.2) is 9.69 Å². The van der Waals surface area contributed by atoms with Crippen LogP contribution in [-0.2, 0) is 11.0 Å². The van der Waals surface area contributed by atoms with Crippen molar-refractivity contribution >= 4 is 41.0 Å². The van der Waals surface area contributed by atoms with Crippen molar-refractivity contribution < 1.29 is 32.4 Å². The Labute approximate surface area is 200 Å². The SMILES string of the molecule is O=C1N/C(=C/c2ccc(Oc3ccc(C(F)(F)F)cc3[N+](=O)[O-])cc2)C(=O)N1c1ccc(Cl)cc1. The topological polar surface area (TPSA) is 102 Å². The summed E-state index contributed by atoms with van der Waals surface area (Å²) in [6.45, 7) is 0. The van der Waals surface area contributed by atoms with Crippen molar-refractivity contribution in [2.45, 2.75) is 6.18 Å². The van der Waals surface area contributed by atoms with E-state index in [1.807, 2.05) is 0 Å². The van der Waals surface area contributed by atoms with Crippen LogP contribution in [0.1, 0.15) is 11.1 Å². The quantitative estimate of drug-likeness (QED) is 0.194. The predicted molar refractivity (Wildman–Crippen MR) is 120 cm³/mol. The summed E-state index contributed by atoms with van der Waals surface area (Å²) in [5, 5.41) is 14.1. The number of hydrogen-bond donors (Lipinski definition) is 1. The lowest BCUT2D eigenvalue weighted by Gasteiger charge is -2.11. The summed E-state index contributed by atoms with van der Waals surface area (Å²) < 4.78 is 44.0. The Morgan fingerprint density at radius 1 is 1.00 bits per heavy atom. The number of hydrogen-bond acceptors (Lipinski definition) is 5. The van der Waals surface area contributed by atoms with Crippen molar-refractivity contribution in [3.8, 4) is 11.5 Å². The van der Waals surface area contributed by atoms with E-state index in [4.69, 9.17) is 16.3 Å². The van der Waals surface area contributed by atoms with E-state index in [9.17, 15) is 32.9 Å². The highest BCUT2D eigenvalue weighted by atomic mass is 35.5. The monoisotopic (exact) mass is 503 g/mol. The molecular formula is C23H13ClF3N3O5. The van der Waals surface area contributed by atoms with Gasteiger partial charge in [-0.1, -0.05) is 23.7 Å². The largest absolute Gasteiger partial charge is 0.450 e. The molecule has 3 aromatic rings. The zero-order valence-corrected chi connectivity index (χ0v) is 18.1. The molecule has 1 aliphatic heterocycles. The molecule has 0 aliphatic carbocycles. The molecule has 0 spiro atoms. The third-order valence-electron chi connectivity index (χ3n) is 4.86. The summed E-state index contributed by atoms with van der Waals surface area (Å²) in [7, 11) is 0. The highest BCUT2D eigenvalue weighted by Gasteiger charge is 2.35. The number of nitro benzene ring substituents is 1. The molecule has 3 amide bonds. The van der Waals surface area contributed by atoms with Gasteiger partial charge in [0.25, 0.3) is 5.91 Å². The molecule has 0 saturated carbocycles. The molecule has 0 radical (unpaired) electrons. The van der Waals surface area contributed by atoms with Crippen LogP contribution in [0.5, 0.6) is 11.5 Å². The molecular weight excluding hydrogens is 491 g/mol. The standard InChI is InChI=1S/C23H13ClF3N3O5/c24-15-4-6-16(7-5-15)29-21(31)18(28-22(29)32)11-13-1-8-17(9-2-13)35-20-10-3-14(23(25,26)27)12-19(20)30(33)34/h1-12H,(H,28,32)/b18-11+. The lowest BCUT2D eigenvalue weighted by molar-refractivity contribution is -0.385. The normalized spacial score (nSPS) is 14.9. The lowest BCUT2D eigenvalue weighted by Crippen LogP contribution is -2.30. The maximum Gasteiger partial charge on any atom is 0.416 e. The number of amides is 3. The van der Waals surface area contributed by atoms with E-state index in [2.05, 4.69) is 5.32 Å². The van der Waals surface area contributed by atoms with Crippen molar-refractivity contribution in [1.82, 2.24) is 5.32 Å². The van der Waals surface area contributed by atoms with Crippen LogP contribution in [0, 0.1) is 10.1 Å². The molecule has 0 aromatic heterocycles. The number of ether oxygens (including phenoxy) is 1. The molecule has 8 nitrogen and oxygen atoms in total. The molecule has 0 atom stereocenters. The van der Waals surface area contributed by atoms with E-state index < -0.39 is 34.3 Å². The fourth-order valence-corrected chi connectivity index (χ4v) is 3.33. The van der Waals surface area contributed by atoms with Crippen molar-refractivity contribution in [1.29, 1.82) is 0 Å². The third kappa shape index (κ3) is 5.09. The van der Waals surface area contributed by atoms with Gasteiger partial charge in [-0.2, -0.15) is 13.2 Å². The van der Waals surface area contributed by atoms with E-state index in [-0.39, 0.29) is 17.2 Å². The van der Waals surface area contributed by atoms with Crippen LogP contribution >= 0.6 is 11.6 Å². The van der Waals surface area contributed by atoms with E-state index in [0.29, 0.717) is 28.4 Å². The molecule has 1 fully saturated rings. The first kappa shape index (κ1) is 23.8. The number of rotatable bonds is 5. The van der Waals surface area contributed by atoms with Gasteiger partial charge in [-0.05, 0) is 60.2 Å². The molecule has 178 valence electrons. The van der Waals surface area contributed by atoms with E-state index >= 15 is 0 Å². The average Bonchev–Trinajstić information content (AvgIpc) is 3.08. The van der Waals surface area contributed by atoms with Crippen molar-refractivity contribution in [3.05, 3.63) is 98.7 Å². The first-order valence-corrected chi connectivity index (χ1v) is 10.2. The highest BCUT2D eigenvalue weighted by molar-refractivity contribution is 6.31. The molecule has 4 rings (SSSR count). The Kier molecular flexibility index (Phi) is 6.18. The number of alkyl halides is 3. The summed E-state index contributed by atoms with van der Waals surface area (Å²) in [4.78, 5) is 36.2. The number of nitro groups is 1. The minimum Gasteiger partial charge on any atom is -0.450 e. The fourth-order valence-electron chi connectivity index (χ4n) is 3.21. The van der Waals surface area contributed by atoms with Gasteiger partial charge in [0.1, 0.15) is 11.4 Å². The fraction of sp³-hybridized carbons (Fsp3) is 0.0435. The first-order valence-electron chi connectivity index (χ1n) is 9.79. The van der Waals surface area contributed by atoms with Crippen LogP contribution in [-0.4, -0.2) is 16.9 Å². The third-order valence-corrected chi connectivity index (χ3v) is 5.12. The smallest absolute Gasteiger partial charge is 0.416 e. The number of nitrogens with zero attached hydrogens (tertiary/aromatic N) is 2. The number of anilines is 1. The van der Waals surface area contributed by atoms with Gasteiger partial charge in [0.05, 0.1) is 16.2 Å². The maximum absolute atomic E-state index is 12.9. The number of nitrogens with one attached hydrogen (secondary N) is 1. The highest BCUT2D eigenvalue weighted by Crippen LogP contribution is 2.38. The van der Waals surface area contributed by atoms with Crippen LogP contribution in [0.3, 0.4) is 0 Å². The average molecular weight is 504 g/mol. The number of carbonyl (C=O) groups excluding carboxylic acids is 2. The first-order chi connectivity index (χ1) is 16.5. The summed E-state index contributed by atoms with van der Waals surface area (Å²) >= 11 is 5.84. The maximum atomic E-state index is 12.9. The Balaban J connectivity index is 1.53. The summed E-state index contributed by atoms with van der Waals surface area (Å²) in [6, 6.07) is 13.3. The molecule has 1 aliphatic rings. The molecule has 1 N–H and O–H groups in total. The number of carbonyl (C=O) groups is 2. The van der Waals surface area contributed by atoms with Crippen molar-refractivity contribution in [2.24, 2.45) is 0 Å². The zero-order chi connectivity index (χ0) is 25.3. The Hall–Kier alpha value is -4.38. The Bertz CT molecular complexity index is 1360. The van der Waals surface area contributed by atoms with Gasteiger partial charge in [-0.3, -0.25) is 14.9 Å². The second-order valence-corrected chi connectivity index (χ2v) is 7.65. The van der Waals surface area contributed by atoms with Crippen LogP contribution in [0.25, 0.3) is 6.08 Å². The second kappa shape index (κ2) is 9.11. The zero-order valence-electron chi connectivity index (χ0n) is 17.4. The molecule has 35 heavy (non-hydrogen) atoms. The van der Waals surface area contributed by atoms with Crippen molar-refractivity contribution in [3.63, 3.8) is 0 Å². The Morgan fingerprint density at radius 2 is 1.66 bits per heavy atom. The van der Waals surface area contributed by atoms with Gasteiger partial charge >= 0.3 is 17.9 Å². The molecule has 1 heterocycles. The molecule has 12 heteroatoms. The number of urea groups is 1. The molecule has 0 unspecified atom stereocenters. The summed E-state index contributed by atoms with van der Waals surface area (Å²) in [5.74, 6) is -0.844. The van der Waals surface area contributed by atoms with Gasteiger partial charge in [0.15, 0.2) is 0 Å². The number of imide groups is 1. The van der Waals surface area contributed by atoms with E-state index in [0.717, 1.165) is 11.0 Å². The van der Waals surface area contributed by atoms with Crippen LogP contribution in [0.2, 0.25) is 5.02 Å². The minimum atomic E-state index is -4.74. The van der Waals surface area contributed by atoms with Crippen molar-refractivity contribution in [2.75, 3.05) is 4.90 Å². The number of halogens is 4. The minimum absolute atomic E-state index is 0.0111. The van der Waals surface area contributed by atoms with E-state index in [1.54, 1.807) is 12.1 Å². The van der Waals surface area contributed by atoms with Gasteiger partial charge in [0, 0.05) is 11.1 Å². The number of benzene rings is 3. The molecule has 1 saturated heterocycles. The van der Waals surface area contributed by atoms with Gasteiger partial charge < -0.3 is 10.1 Å². The second-order valence-electron chi connectivity index (χ2n) is 7.21. The summed E-state index contributed by atoms with van der Waals surface area (Å²) in [6.07, 6.45) is -3.32. The lowest BCUT2D eigenvalue weighted by atomic mass is 10.1. The van der Waals surface area contributed by atoms with Crippen LogP contribution < -0.4 is 15.0 Å². The molecule has 3 aromatic carbocycles. The predicted octanol–water partition coefficient (Wildman–Crippen LogP) is 6.16. The van der Waals surface area contributed by atoms with Gasteiger partial charge in [0.2, 0.25) is 5.75 Å². The summed E-state index contributed by atoms with van der Waals surface area (Å²) in [5.41, 5.74) is -1.18. The Morgan fingerprint density at radius 3 is 2.26 bits per heavy atom. The van der Waals surface area contributed by atoms with E-state index in [1.165, 1.54) is 42.5 Å². The van der Waals surface area contributed by atoms with Crippen LogP contribution in [0.4, 0.5) is 29.3 Å². The van der Waals surface area contributed by atoms with Crippen LogP contribution in [0.15, 0.2) is 72.4 Å². The molecule has 0 bridgehead atoms. The van der Waals surface area contributed by atoms with Gasteiger partial charge in [-0.15, -0.1) is 0 Å².